The number of morpholine rings is 1. The maximum Gasteiger partial charge on any atom is 0.261 e. The van der Waals surface area contributed by atoms with E-state index in [1.165, 1.54) is 16.4 Å². The van der Waals surface area contributed by atoms with Gasteiger partial charge in [-0.05, 0) is 35.3 Å². The predicted molar refractivity (Wildman–Crippen MR) is 146 cm³/mol. The van der Waals surface area contributed by atoms with Crippen molar-refractivity contribution in [3.63, 3.8) is 0 Å². The first-order chi connectivity index (χ1) is 16.6. The third-order valence-electron chi connectivity index (χ3n) is 6.75. The average molecular weight is 512 g/mol. The number of ether oxygens (including phenoxy) is 1. The Morgan fingerprint density at radius 1 is 0.914 bits per heavy atom. The van der Waals surface area contributed by atoms with Crippen LogP contribution in [-0.2, 0) is 15.8 Å². The molecule has 0 spiro atoms. The van der Waals surface area contributed by atoms with Gasteiger partial charge < -0.3 is 14.1 Å². The number of rotatable bonds is 6. The molecule has 3 aromatic carbocycles. The Balaban J connectivity index is 1.80. The van der Waals surface area contributed by atoms with Crippen LogP contribution in [-0.4, -0.2) is 33.6 Å². The molecule has 1 fully saturated rings. The van der Waals surface area contributed by atoms with Crippen LogP contribution >= 0.6 is 11.6 Å². The maximum atomic E-state index is 14.7. The van der Waals surface area contributed by atoms with Crippen LogP contribution in [0.3, 0.4) is 0 Å². The summed E-state index contributed by atoms with van der Waals surface area (Å²) < 4.78 is 27.7. The molecule has 35 heavy (non-hydrogen) atoms. The molecular weight excluding hydrogens is 477 g/mol. The Hall–Kier alpha value is -2.18. The minimum atomic E-state index is -2.74. The number of anilines is 1. The van der Waals surface area contributed by atoms with Crippen LogP contribution in [0.4, 0.5) is 10.1 Å². The zero-order valence-corrected chi connectivity index (χ0v) is 23.0. The van der Waals surface area contributed by atoms with Crippen LogP contribution in [0, 0.1) is 5.82 Å². The quantitative estimate of drug-likeness (QED) is 0.369. The summed E-state index contributed by atoms with van der Waals surface area (Å²) in [4.78, 5) is 2.15. The monoisotopic (exact) mass is 511 g/mol. The second kappa shape index (κ2) is 10.4. The molecule has 0 bridgehead atoms. The molecule has 0 amide bonds. The van der Waals surface area contributed by atoms with E-state index < -0.39 is 14.1 Å². The first kappa shape index (κ1) is 25.9. The Labute approximate surface area is 215 Å². The van der Waals surface area contributed by atoms with Crippen molar-refractivity contribution in [1.82, 2.24) is 0 Å². The third kappa shape index (κ3) is 5.19. The summed E-state index contributed by atoms with van der Waals surface area (Å²) in [7, 11) is -2.74. The fraction of sp³-hybridized carbons (Fsp3) is 0.379. The molecule has 1 saturated heterocycles. The molecular formula is C29H35ClFNO2Si. The summed E-state index contributed by atoms with van der Waals surface area (Å²) in [5, 5.41) is 2.42. The maximum absolute atomic E-state index is 14.7. The van der Waals surface area contributed by atoms with E-state index in [0.717, 1.165) is 5.56 Å². The smallest absolute Gasteiger partial charge is 0.261 e. The van der Waals surface area contributed by atoms with Crippen molar-refractivity contribution >= 4 is 36.0 Å². The van der Waals surface area contributed by atoms with Crippen molar-refractivity contribution in [1.29, 1.82) is 0 Å². The van der Waals surface area contributed by atoms with Gasteiger partial charge >= 0.3 is 0 Å². The summed E-state index contributed by atoms with van der Waals surface area (Å²) in [6.07, 6.45) is 0.0621. The molecule has 0 saturated carbocycles. The number of hydrogen-bond donors (Lipinski definition) is 0. The second-order valence-electron chi connectivity index (χ2n) is 10.5. The summed E-state index contributed by atoms with van der Waals surface area (Å²) in [5.74, 6) is -0.414. The van der Waals surface area contributed by atoms with Crippen LogP contribution in [0.1, 0.15) is 40.2 Å². The van der Waals surface area contributed by atoms with Crippen molar-refractivity contribution in [3.05, 3.63) is 89.2 Å². The minimum Gasteiger partial charge on any atom is -0.403 e. The highest BCUT2D eigenvalue weighted by atomic mass is 35.5. The van der Waals surface area contributed by atoms with Crippen molar-refractivity contribution in [3.8, 4) is 0 Å². The van der Waals surface area contributed by atoms with E-state index in [1.54, 1.807) is 0 Å². The highest BCUT2D eigenvalue weighted by molar-refractivity contribution is 6.99. The van der Waals surface area contributed by atoms with Gasteiger partial charge in [0.1, 0.15) is 5.82 Å². The second-order valence-corrected chi connectivity index (χ2v) is 15.2. The number of hydrogen-bond acceptors (Lipinski definition) is 3. The lowest BCUT2D eigenvalue weighted by molar-refractivity contribution is -0.00532. The van der Waals surface area contributed by atoms with Gasteiger partial charge in [0.25, 0.3) is 8.32 Å². The zero-order chi connectivity index (χ0) is 25.2. The van der Waals surface area contributed by atoms with Crippen molar-refractivity contribution < 1.29 is 13.6 Å². The molecule has 1 aliphatic heterocycles. The molecule has 4 rings (SSSR count). The lowest BCUT2D eigenvalue weighted by Crippen LogP contribution is -2.66. The Morgan fingerprint density at radius 3 is 1.91 bits per heavy atom. The molecule has 0 aromatic heterocycles. The van der Waals surface area contributed by atoms with Crippen LogP contribution in [0.2, 0.25) is 10.1 Å². The summed E-state index contributed by atoms with van der Waals surface area (Å²) in [6.45, 7) is 12.5. The van der Waals surface area contributed by atoms with Gasteiger partial charge in [0.2, 0.25) is 0 Å². The first-order valence-corrected chi connectivity index (χ1v) is 14.5. The van der Waals surface area contributed by atoms with Gasteiger partial charge in [-0.3, -0.25) is 0 Å². The predicted octanol–water partition coefficient (Wildman–Crippen LogP) is 6.17. The molecule has 0 aliphatic carbocycles. The van der Waals surface area contributed by atoms with Gasteiger partial charge in [-0.1, -0.05) is 99.1 Å². The topological polar surface area (TPSA) is 21.7 Å². The standard InChI is InChI=1S/C29H35ClFNO2Si/c1-21-18-32(19-22(2)34-21)28-23(16-17-26(31)27(28)30)20-33-35(29(3,4)5,24-12-8-6-9-13-24)25-14-10-7-11-15-25/h6-17,21-22H,18-20H2,1-5H3. The normalized spacial score (nSPS) is 19.1. The minimum absolute atomic E-state index is 0.0310. The van der Waals surface area contributed by atoms with E-state index in [2.05, 4.69) is 74.2 Å². The highest BCUT2D eigenvalue weighted by Crippen LogP contribution is 2.39. The molecule has 1 heterocycles. The van der Waals surface area contributed by atoms with Gasteiger partial charge in [-0.2, -0.15) is 0 Å². The fourth-order valence-corrected chi connectivity index (χ4v) is 10.2. The van der Waals surface area contributed by atoms with Crippen LogP contribution in [0.15, 0.2) is 72.8 Å². The highest BCUT2D eigenvalue weighted by Gasteiger charge is 2.50. The number of halogens is 2. The molecule has 2 atom stereocenters. The van der Waals surface area contributed by atoms with Gasteiger partial charge in [-0.25, -0.2) is 4.39 Å². The number of benzene rings is 3. The van der Waals surface area contributed by atoms with E-state index >= 15 is 0 Å². The zero-order valence-electron chi connectivity index (χ0n) is 21.2. The summed E-state index contributed by atoms with van der Waals surface area (Å²) in [6, 6.07) is 24.3. The molecule has 0 N–H and O–H groups in total. The van der Waals surface area contributed by atoms with Gasteiger partial charge in [0, 0.05) is 18.7 Å². The molecule has 186 valence electrons. The molecule has 3 nitrogen and oxygen atoms in total. The van der Waals surface area contributed by atoms with Crippen molar-refractivity contribution in [2.45, 2.75) is 58.5 Å². The van der Waals surface area contributed by atoms with Gasteiger partial charge in [-0.15, -0.1) is 0 Å². The van der Waals surface area contributed by atoms with Gasteiger partial charge in [0.05, 0.1) is 29.5 Å². The molecule has 3 aromatic rings. The van der Waals surface area contributed by atoms with Crippen molar-refractivity contribution in [2.75, 3.05) is 18.0 Å². The molecule has 6 heteroatoms. The lowest BCUT2D eigenvalue weighted by atomic mass is 10.1. The molecule has 0 radical (unpaired) electrons. The van der Waals surface area contributed by atoms with E-state index in [1.807, 2.05) is 32.0 Å². The summed E-state index contributed by atoms with van der Waals surface area (Å²) >= 11 is 6.60. The van der Waals surface area contributed by atoms with Crippen LogP contribution in [0.25, 0.3) is 0 Å². The largest absolute Gasteiger partial charge is 0.403 e. The van der Waals surface area contributed by atoms with E-state index in [4.69, 9.17) is 20.8 Å². The van der Waals surface area contributed by atoms with Gasteiger partial charge in [0.15, 0.2) is 0 Å². The summed E-state index contributed by atoms with van der Waals surface area (Å²) in [5.41, 5.74) is 1.61. The Morgan fingerprint density at radius 2 is 1.43 bits per heavy atom. The van der Waals surface area contributed by atoms with Crippen LogP contribution in [0.5, 0.6) is 0 Å². The molecule has 1 aliphatic rings. The first-order valence-electron chi connectivity index (χ1n) is 12.3. The van der Waals surface area contributed by atoms with E-state index in [0.29, 0.717) is 25.4 Å². The Bertz CT molecular complexity index is 1090. The third-order valence-corrected chi connectivity index (χ3v) is 12.1. The Kier molecular flexibility index (Phi) is 7.72. The fourth-order valence-electron chi connectivity index (χ4n) is 5.35. The molecule has 2 unspecified atom stereocenters. The average Bonchev–Trinajstić information content (AvgIpc) is 2.81. The van der Waals surface area contributed by atoms with Crippen molar-refractivity contribution in [2.24, 2.45) is 0 Å². The number of nitrogens with zero attached hydrogens (tertiary/aromatic N) is 1. The SMILES string of the molecule is CC1CN(c2c(CO[Si](c3ccccc3)(c3ccccc3)C(C)(C)C)ccc(F)c2Cl)CC(C)O1. The van der Waals surface area contributed by atoms with E-state index in [-0.39, 0.29) is 22.3 Å². The van der Waals surface area contributed by atoms with E-state index in [9.17, 15) is 4.39 Å². The van der Waals surface area contributed by atoms with Crippen LogP contribution < -0.4 is 15.3 Å². The lowest BCUT2D eigenvalue weighted by Gasteiger charge is -2.43.